The van der Waals surface area contributed by atoms with Gasteiger partial charge in [0.1, 0.15) is 17.5 Å². The molecule has 0 saturated heterocycles. The summed E-state index contributed by atoms with van der Waals surface area (Å²) < 4.78 is 0. The van der Waals surface area contributed by atoms with E-state index < -0.39 is 0 Å². The summed E-state index contributed by atoms with van der Waals surface area (Å²) in [5.41, 5.74) is 3.53. The van der Waals surface area contributed by atoms with Gasteiger partial charge in [-0.15, -0.1) is 11.3 Å². The molecule has 0 amide bonds. The molecule has 1 unspecified atom stereocenters. The quantitative estimate of drug-likeness (QED) is 0.751. The number of nitrogens with one attached hydrogen (secondary N) is 1. The van der Waals surface area contributed by atoms with Crippen molar-refractivity contribution in [2.24, 2.45) is 4.99 Å². The van der Waals surface area contributed by atoms with Gasteiger partial charge in [-0.05, 0) is 26.3 Å². The number of nitrogens with zero attached hydrogens (tertiary/aromatic N) is 3. The third-order valence-corrected chi connectivity index (χ3v) is 5.16. The Morgan fingerprint density at radius 1 is 1.29 bits per heavy atom. The molecular weight excluding hydrogens is 316 g/mol. The van der Waals surface area contributed by atoms with E-state index in [9.17, 15) is 5.26 Å². The predicted octanol–water partition coefficient (Wildman–Crippen LogP) is 2.75. The number of quaternary nitrogens is 1. The summed E-state index contributed by atoms with van der Waals surface area (Å²) in [5.74, 6) is -0.357. The van der Waals surface area contributed by atoms with E-state index in [4.69, 9.17) is 0 Å². The van der Waals surface area contributed by atoms with Crippen LogP contribution in [0.3, 0.4) is 0 Å². The van der Waals surface area contributed by atoms with Crippen molar-refractivity contribution in [3.05, 3.63) is 51.5 Å². The van der Waals surface area contributed by atoms with Crippen LogP contribution in [0.4, 0.5) is 0 Å². The summed E-state index contributed by atoms with van der Waals surface area (Å²) in [4.78, 5) is 10.5. The average Bonchev–Trinajstić information content (AvgIpc) is 3.03. The zero-order valence-corrected chi connectivity index (χ0v) is 15.4. The molecule has 5 heteroatoms. The molecule has 4 nitrogen and oxygen atoms in total. The number of aliphatic imine (C=N–C) groups is 1. The molecule has 24 heavy (non-hydrogen) atoms. The Morgan fingerprint density at radius 3 is 2.58 bits per heavy atom. The highest BCUT2D eigenvalue weighted by atomic mass is 32.1. The van der Waals surface area contributed by atoms with Gasteiger partial charge < -0.3 is 4.90 Å². The number of hydrogen-bond acceptors (Lipinski definition) is 4. The van der Waals surface area contributed by atoms with E-state index in [1.54, 1.807) is 11.1 Å². The van der Waals surface area contributed by atoms with E-state index in [1.165, 1.54) is 22.5 Å². The van der Waals surface area contributed by atoms with Crippen LogP contribution in [-0.4, -0.2) is 24.3 Å². The predicted molar refractivity (Wildman–Crippen MR) is 99.6 cm³/mol. The van der Waals surface area contributed by atoms with E-state index >= 15 is 0 Å². The lowest BCUT2D eigenvalue weighted by Crippen LogP contribution is -3.10. The van der Waals surface area contributed by atoms with Crippen molar-refractivity contribution in [2.75, 3.05) is 13.1 Å². The second-order valence-electron chi connectivity index (χ2n) is 5.83. The first-order valence-electron chi connectivity index (χ1n) is 8.39. The maximum absolute atomic E-state index is 9.35. The standard InChI is InChI=1S/C19H24N4S/c1-4-23(5-2)13-17-9-7-6-8-16(17)11-21-12-18(10-20)19-22-15(3)14-24-19/h6-9,12,14,18H,4-5,11,13H2,1-3H3/p+1. The molecular formula is C19H25N4S+. The minimum absolute atomic E-state index is 0.357. The minimum atomic E-state index is -0.357. The molecule has 0 aliphatic rings. The van der Waals surface area contributed by atoms with Gasteiger partial charge in [0.05, 0.1) is 25.7 Å². The fourth-order valence-electron chi connectivity index (χ4n) is 2.58. The van der Waals surface area contributed by atoms with Crippen LogP contribution in [0.5, 0.6) is 0 Å². The van der Waals surface area contributed by atoms with Crippen LogP contribution < -0.4 is 4.90 Å². The maximum atomic E-state index is 9.35. The SMILES string of the molecule is CC[NH+](CC)Cc1ccccc1CN=CC(C#N)c1nc(C)cs1. The largest absolute Gasteiger partial charge is 0.332 e. The smallest absolute Gasteiger partial charge is 0.133 e. The molecule has 1 aromatic heterocycles. The van der Waals surface area contributed by atoms with Crippen molar-refractivity contribution in [2.45, 2.75) is 39.8 Å². The van der Waals surface area contributed by atoms with Crippen LogP contribution in [0.1, 0.15) is 41.6 Å². The highest BCUT2D eigenvalue weighted by Crippen LogP contribution is 2.18. The van der Waals surface area contributed by atoms with Crippen molar-refractivity contribution in [3.8, 4) is 6.07 Å². The third kappa shape index (κ3) is 4.98. The van der Waals surface area contributed by atoms with E-state index in [0.717, 1.165) is 30.3 Å². The monoisotopic (exact) mass is 341 g/mol. The van der Waals surface area contributed by atoms with Crippen LogP contribution in [0.2, 0.25) is 0 Å². The first-order valence-corrected chi connectivity index (χ1v) is 9.27. The zero-order chi connectivity index (χ0) is 17.4. The Bertz CT molecular complexity index is 710. The van der Waals surface area contributed by atoms with Gasteiger partial charge in [-0.2, -0.15) is 5.26 Å². The van der Waals surface area contributed by atoms with Gasteiger partial charge in [-0.25, -0.2) is 4.98 Å². The van der Waals surface area contributed by atoms with Crippen LogP contribution in [0.15, 0.2) is 34.6 Å². The number of hydrogen-bond donors (Lipinski definition) is 1. The lowest BCUT2D eigenvalue weighted by Gasteiger charge is -2.17. The highest BCUT2D eigenvalue weighted by molar-refractivity contribution is 7.09. The maximum Gasteiger partial charge on any atom is 0.133 e. The van der Waals surface area contributed by atoms with Crippen molar-refractivity contribution in [1.29, 1.82) is 5.26 Å². The molecule has 0 spiro atoms. The van der Waals surface area contributed by atoms with Gasteiger partial charge >= 0.3 is 0 Å². The van der Waals surface area contributed by atoms with Crippen molar-refractivity contribution < 1.29 is 4.90 Å². The van der Waals surface area contributed by atoms with Gasteiger partial charge in [-0.3, -0.25) is 4.99 Å². The highest BCUT2D eigenvalue weighted by Gasteiger charge is 2.12. The van der Waals surface area contributed by atoms with E-state index in [-0.39, 0.29) is 5.92 Å². The van der Waals surface area contributed by atoms with Crippen molar-refractivity contribution >= 4 is 17.6 Å². The molecule has 1 atom stereocenters. The summed E-state index contributed by atoms with van der Waals surface area (Å²) in [7, 11) is 0. The molecule has 1 N–H and O–H groups in total. The average molecular weight is 342 g/mol. The molecule has 0 bridgehead atoms. The molecule has 1 heterocycles. The van der Waals surface area contributed by atoms with Crippen LogP contribution in [0.25, 0.3) is 0 Å². The Labute approximate surface area is 148 Å². The molecule has 1 aromatic carbocycles. The van der Waals surface area contributed by atoms with Crippen LogP contribution in [0, 0.1) is 18.3 Å². The van der Waals surface area contributed by atoms with Gasteiger partial charge in [0, 0.05) is 22.9 Å². The fraction of sp³-hybridized carbons (Fsp3) is 0.421. The first kappa shape index (κ1) is 18.3. The topological polar surface area (TPSA) is 53.5 Å². The number of rotatable bonds is 8. The molecule has 2 aromatic rings. The molecule has 0 fully saturated rings. The minimum Gasteiger partial charge on any atom is -0.332 e. The van der Waals surface area contributed by atoms with Crippen molar-refractivity contribution in [1.82, 2.24) is 4.98 Å². The summed E-state index contributed by atoms with van der Waals surface area (Å²) in [5, 5.41) is 12.1. The summed E-state index contributed by atoms with van der Waals surface area (Å²) in [6.07, 6.45) is 1.74. The molecule has 126 valence electrons. The van der Waals surface area contributed by atoms with Crippen molar-refractivity contribution in [3.63, 3.8) is 0 Å². The summed E-state index contributed by atoms with van der Waals surface area (Å²) in [6, 6.07) is 10.7. The second-order valence-corrected chi connectivity index (χ2v) is 6.72. The zero-order valence-electron chi connectivity index (χ0n) is 14.6. The summed E-state index contributed by atoms with van der Waals surface area (Å²) in [6.45, 7) is 10.2. The molecule has 0 saturated carbocycles. The molecule has 0 aliphatic carbocycles. The fourth-order valence-corrected chi connectivity index (χ4v) is 3.38. The second kappa shape index (κ2) is 9.31. The van der Waals surface area contributed by atoms with Gasteiger partial charge in [0.2, 0.25) is 0 Å². The van der Waals surface area contributed by atoms with E-state index in [1.807, 2.05) is 12.3 Å². The Hall–Kier alpha value is -2.03. The van der Waals surface area contributed by atoms with Crippen LogP contribution >= 0.6 is 11.3 Å². The molecule has 0 radical (unpaired) electrons. The molecule has 0 aliphatic heterocycles. The Kier molecular flexibility index (Phi) is 7.10. The first-order chi connectivity index (χ1) is 11.7. The summed E-state index contributed by atoms with van der Waals surface area (Å²) >= 11 is 1.52. The number of thiazole rings is 1. The van der Waals surface area contributed by atoms with Gasteiger partial charge in [0.25, 0.3) is 0 Å². The lowest BCUT2D eigenvalue weighted by atomic mass is 10.1. The van der Waals surface area contributed by atoms with Gasteiger partial charge in [0.15, 0.2) is 0 Å². The lowest BCUT2D eigenvalue weighted by molar-refractivity contribution is -0.910. The number of nitriles is 1. The van der Waals surface area contributed by atoms with Gasteiger partial charge in [-0.1, -0.05) is 24.3 Å². The number of aryl methyl sites for hydroxylation is 1. The third-order valence-electron chi connectivity index (χ3n) is 4.12. The number of aromatic nitrogens is 1. The van der Waals surface area contributed by atoms with E-state index in [2.05, 4.69) is 54.2 Å². The Balaban J connectivity index is 2.07. The molecule has 2 rings (SSSR count). The van der Waals surface area contributed by atoms with E-state index in [0.29, 0.717) is 6.54 Å². The Morgan fingerprint density at radius 2 is 2.00 bits per heavy atom. The van der Waals surface area contributed by atoms with Crippen LogP contribution in [-0.2, 0) is 13.1 Å². The normalized spacial score (nSPS) is 12.6. The number of benzene rings is 1.